The van der Waals surface area contributed by atoms with E-state index in [1.807, 2.05) is 38.4 Å². The zero-order chi connectivity index (χ0) is 17.4. The van der Waals surface area contributed by atoms with Crippen molar-refractivity contribution in [1.82, 2.24) is 10.7 Å². The first kappa shape index (κ1) is 16.4. The summed E-state index contributed by atoms with van der Waals surface area (Å²) in [6.45, 7) is 0. The standard InChI is InChI=1S/C20H28N4O/c1-24(2)18-5-3-14(4-6-18)13-21-23-19(25)22-20-10-15-7-16(11-20)9-17(8-15)12-20/h3-6,13,15-17H,7-12H2,1-2H3,(H2,22,23,25). The molecule has 5 heteroatoms. The minimum atomic E-state index is -0.164. The van der Waals surface area contributed by atoms with Gasteiger partial charge in [-0.15, -0.1) is 0 Å². The summed E-state index contributed by atoms with van der Waals surface area (Å²) in [6, 6.07) is 7.91. The number of nitrogens with one attached hydrogen (secondary N) is 2. The van der Waals surface area contributed by atoms with E-state index in [0.717, 1.165) is 48.3 Å². The van der Waals surface area contributed by atoms with E-state index in [4.69, 9.17) is 0 Å². The molecule has 0 radical (unpaired) electrons. The smallest absolute Gasteiger partial charge is 0.335 e. The maximum Gasteiger partial charge on any atom is 0.335 e. The molecule has 0 aromatic heterocycles. The predicted octanol–water partition coefficient (Wildman–Crippen LogP) is 3.35. The molecule has 0 atom stereocenters. The van der Waals surface area contributed by atoms with Crippen molar-refractivity contribution in [3.63, 3.8) is 0 Å². The maximum atomic E-state index is 12.3. The van der Waals surface area contributed by atoms with Gasteiger partial charge in [-0.3, -0.25) is 0 Å². The Bertz CT molecular complexity index is 629. The van der Waals surface area contributed by atoms with Crippen LogP contribution in [0.4, 0.5) is 10.5 Å². The first-order valence-electron chi connectivity index (χ1n) is 9.40. The van der Waals surface area contributed by atoms with Crippen LogP contribution >= 0.6 is 0 Å². The highest BCUT2D eigenvalue weighted by atomic mass is 16.2. The molecule has 4 aliphatic rings. The van der Waals surface area contributed by atoms with Crippen molar-refractivity contribution in [1.29, 1.82) is 0 Å². The number of urea groups is 1. The lowest BCUT2D eigenvalue weighted by Gasteiger charge is -2.56. The zero-order valence-corrected chi connectivity index (χ0v) is 15.2. The average Bonchev–Trinajstić information content (AvgIpc) is 2.53. The van der Waals surface area contributed by atoms with E-state index in [1.54, 1.807) is 6.21 Å². The molecular formula is C20H28N4O. The Labute approximate surface area is 149 Å². The number of nitrogens with zero attached hydrogens (tertiary/aromatic N) is 2. The molecule has 0 saturated heterocycles. The number of benzene rings is 1. The third-order valence-electron chi connectivity index (χ3n) is 6.21. The number of carbonyl (C=O) groups excluding carboxylic acids is 1. The molecule has 0 unspecified atom stereocenters. The molecule has 0 spiro atoms. The minimum Gasteiger partial charge on any atom is -0.378 e. The highest BCUT2D eigenvalue weighted by Crippen LogP contribution is 2.55. The second kappa shape index (κ2) is 6.36. The summed E-state index contributed by atoms with van der Waals surface area (Å²) < 4.78 is 0. The fourth-order valence-electron chi connectivity index (χ4n) is 5.56. The summed E-state index contributed by atoms with van der Waals surface area (Å²) in [5.41, 5.74) is 4.80. The normalized spacial score (nSPS) is 32.8. The maximum absolute atomic E-state index is 12.3. The molecule has 25 heavy (non-hydrogen) atoms. The van der Waals surface area contributed by atoms with Crippen LogP contribution in [0.25, 0.3) is 0 Å². The predicted molar refractivity (Wildman–Crippen MR) is 101 cm³/mol. The molecule has 1 aromatic carbocycles. The van der Waals surface area contributed by atoms with Crippen LogP contribution in [0, 0.1) is 17.8 Å². The van der Waals surface area contributed by atoms with Gasteiger partial charge in [0.1, 0.15) is 0 Å². The third kappa shape index (κ3) is 3.51. The van der Waals surface area contributed by atoms with Gasteiger partial charge < -0.3 is 10.2 Å². The van der Waals surface area contributed by atoms with Gasteiger partial charge in [-0.25, -0.2) is 10.2 Å². The molecule has 5 nitrogen and oxygen atoms in total. The molecule has 4 aliphatic carbocycles. The van der Waals surface area contributed by atoms with Crippen molar-refractivity contribution in [3.8, 4) is 0 Å². The van der Waals surface area contributed by atoms with Gasteiger partial charge in [0.25, 0.3) is 0 Å². The Kier molecular flexibility index (Phi) is 4.18. The van der Waals surface area contributed by atoms with Crippen LogP contribution in [-0.4, -0.2) is 31.9 Å². The van der Waals surface area contributed by atoms with E-state index in [1.165, 1.54) is 19.3 Å². The van der Waals surface area contributed by atoms with Gasteiger partial charge in [0, 0.05) is 25.3 Å². The highest BCUT2D eigenvalue weighted by molar-refractivity contribution is 5.82. The molecule has 4 fully saturated rings. The lowest BCUT2D eigenvalue weighted by atomic mass is 9.53. The summed E-state index contributed by atoms with van der Waals surface area (Å²) in [7, 11) is 4.03. The van der Waals surface area contributed by atoms with Crippen molar-refractivity contribution >= 4 is 17.9 Å². The lowest BCUT2D eigenvalue weighted by molar-refractivity contribution is -0.0135. The van der Waals surface area contributed by atoms with Gasteiger partial charge in [0.15, 0.2) is 0 Å². The van der Waals surface area contributed by atoms with Crippen molar-refractivity contribution in [2.75, 3.05) is 19.0 Å². The quantitative estimate of drug-likeness (QED) is 0.652. The minimum absolute atomic E-state index is 0.0295. The topological polar surface area (TPSA) is 56.7 Å². The summed E-state index contributed by atoms with van der Waals surface area (Å²) in [5, 5.41) is 7.38. The van der Waals surface area contributed by atoms with Crippen molar-refractivity contribution in [2.24, 2.45) is 22.9 Å². The third-order valence-corrected chi connectivity index (χ3v) is 6.21. The molecule has 0 heterocycles. The Hall–Kier alpha value is -2.04. The van der Waals surface area contributed by atoms with Crippen LogP contribution < -0.4 is 15.6 Å². The number of rotatable bonds is 4. The number of hydrogen-bond acceptors (Lipinski definition) is 3. The van der Waals surface area contributed by atoms with E-state index in [9.17, 15) is 4.79 Å². The number of hydrazone groups is 1. The second-order valence-corrected chi connectivity index (χ2v) is 8.51. The van der Waals surface area contributed by atoms with Crippen molar-refractivity contribution < 1.29 is 4.79 Å². The van der Waals surface area contributed by atoms with Gasteiger partial charge in [0.2, 0.25) is 0 Å². The van der Waals surface area contributed by atoms with Gasteiger partial charge in [-0.1, -0.05) is 12.1 Å². The van der Waals surface area contributed by atoms with E-state index in [2.05, 4.69) is 20.7 Å². The Morgan fingerprint density at radius 1 is 1.08 bits per heavy atom. The van der Waals surface area contributed by atoms with Crippen LogP contribution in [0.5, 0.6) is 0 Å². The monoisotopic (exact) mass is 340 g/mol. The number of hydrogen-bond donors (Lipinski definition) is 2. The Morgan fingerprint density at radius 3 is 2.16 bits per heavy atom. The molecular weight excluding hydrogens is 312 g/mol. The molecule has 5 rings (SSSR count). The molecule has 4 saturated carbocycles. The Balaban J connectivity index is 1.32. The zero-order valence-electron chi connectivity index (χ0n) is 15.2. The second-order valence-electron chi connectivity index (χ2n) is 8.51. The van der Waals surface area contributed by atoms with E-state index in [-0.39, 0.29) is 11.6 Å². The Morgan fingerprint density at radius 2 is 1.64 bits per heavy atom. The average molecular weight is 340 g/mol. The molecule has 4 bridgehead atoms. The largest absolute Gasteiger partial charge is 0.378 e. The molecule has 134 valence electrons. The van der Waals surface area contributed by atoms with Crippen LogP contribution in [-0.2, 0) is 0 Å². The van der Waals surface area contributed by atoms with Crippen LogP contribution in [0.1, 0.15) is 44.1 Å². The number of amides is 2. The van der Waals surface area contributed by atoms with Gasteiger partial charge in [0.05, 0.1) is 6.21 Å². The first-order valence-corrected chi connectivity index (χ1v) is 9.40. The van der Waals surface area contributed by atoms with E-state index >= 15 is 0 Å². The fraction of sp³-hybridized carbons (Fsp3) is 0.600. The molecule has 2 N–H and O–H groups in total. The highest BCUT2D eigenvalue weighted by Gasteiger charge is 2.51. The SMILES string of the molecule is CN(C)c1ccc(C=NNC(=O)NC23CC4CC(CC(C4)C2)C3)cc1. The summed E-state index contributed by atoms with van der Waals surface area (Å²) in [5.74, 6) is 2.47. The molecule has 1 aromatic rings. The lowest BCUT2D eigenvalue weighted by Crippen LogP contribution is -2.61. The molecule has 0 aliphatic heterocycles. The van der Waals surface area contributed by atoms with Gasteiger partial charge in [-0.2, -0.15) is 5.10 Å². The van der Waals surface area contributed by atoms with Gasteiger partial charge in [-0.05, 0) is 74.0 Å². The summed E-state index contributed by atoms with van der Waals surface area (Å²) >= 11 is 0. The first-order chi connectivity index (χ1) is 12.0. The van der Waals surface area contributed by atoms with E-state index in [0.29, 0.717) is 0 Å². The van der Waals surface area contributed by atoms with Crippen molar-refractivity contribution in [2.45, 2.75) is 44.1 Å². The van der Waals surface area contributed by atoms with Crippen LogP contribution in [0.3, 0.4) is 0 Å². The van der Waals surface area contributed by atoms with E-state index < -0.39 is 0 Å². The summed E-state index contributed by atoms with van der Waals surface area (Å²) in [4.78, 5) is 14.4. The molecule has 2 amide bonds. The van der Waals surface area contributed by atoms with Crippen molar-refractivity contribution in [3.05, 3.63) is 29.8 Å². The van der Waals surface area contributed by atoms with Gasteiger partial charge >= 0.3 is 6.03 Å². The summed E-state index contributed by atoms with van der Waals surface area (Å²) in [6.07, 6.45) is 9.29. The van der Waals surface area contributed by atoms with Crippen LogP contribution in [0.2, 0.25) is 0 Å². The van der Waals surface area contributed by atoms with Crippen LogP contribution in [0.15, 0.2) is 29.4 Å². The fourth-order valence-corrected chi connectivity index (χ4v) is 5.56. The number of anilines is 1. The number of carbonyl (C=O) groups is 1.